The number of likely N-dealkylation sites (tertiary alicyclic amines) is 1. The summed E-state index contributed by atoms with van der Waals surface area (Å²) in [5, 5.41) is 2.56. The summed E-state index contributed by atoms with van der Waals surface area (Å²) in [5.74, 6) is -0.719. The van der Waals surface area contributed by atoms with Gasteiger partial charge in [0.05, 0.1) is 6.61 Å². The van der Waals surface area contributed by atoms with Crippen LogP contribution in [0.4, 0.5) is 4.79 Å². The maximum Gasteiger partial charge on any atom is 0.408 e. The van der Waals surface area contributed by atoms with Crippen LogP contribution in [0.15, 0.2) is 0 Å². The Labute approximate surface area is 124 Å². The van der Waals surface area contributed by atoms with Gasteiger partial charge in [-0.25, -0.2) is 4.79 Å². The Morgan fingerprint density at radius 2 is 2.05 bits per heavy atom. The first-order chi connectivity index (χ1) is 9.73. The molecule has 7 heteroatoms. The highest BCUT2D eigenvalue weighted by Crippen LogP contribution is 2.13. The Morgan fingerprint density at radius 3 is 2.62 bits per heavy atom. The van der Waals surface area contributed by atoms with Gasteiger partial charge in [-0.3, -0.25) is 9.59 Å². The summed E-state index contributed by atoms with van der Waals surface area (Å²) in [5.41, 5.74) is -0.619. The quantitative estimate of drug-likeness (QED) is 0.785. The van der Waals surface area contributed by atoms with Crippen molar-refractivity contribution in [2.24, 2.45) is 0 Å². The molecule has 0 saturated carbocycles. The Kier molecular flexibility index (Phi) is 5.99. The topological polar surface area (TPSA) is 84.9 Å². The Balaban J connectivity index is 2.54. The van der Waals surface area contributed by atoms with Crippen molar-refractivity contribution in [1.82, 2.24) is 10.2 Å². The van der Waals surface area contributed by atoms with Crippen LogP contribution in [-0.4, -0.2) is 54.2 Å². The van der Waals surface area contributed by atoms with Crippen LogP contribution in [-0.2, 0) is 19.1 Å². The van der Waals surface area contributed by atoms with Crippen LogP contribution in [0, 0.1) is 0 Å². The molecule has 7 nitrogen and oxygen atoms in total. The number of alkyl carbamates (subject to hydrolysis) is 1. The van der Waals surface area contributed by atoms with Crippen molar-refractivity contribution < 1.29 is 23.9 Å². The van der Waals surface area contributed by atoms with Gasteiger partial charge in [0.2, 0.25) is 5.91 Å². The third-order valence-corrected chi connectivity index (χ3v) is 2.85. The molecule has 1 aliphatic rings. The lowest BCUT2D eigenvalue weighted by Gasteiger charge is -2.32. The first kappa shape index (κ1) is 17.3. The number of rotatable bonds is 4. The van der Waals surface area contributed by atoms with Crippen molar-refractivity contribution >= 4 is 18.0 Å². The molecule has 1 fully saturated rings. The zero-order valence-electron chi connectivity index (χ0n) is 13.1. The van der Waals surface area contributed by atoms with Gasteiger partial charge in [-0.1, -0.05) is 0 Å². The summed E-state index contributed by atoms with van der Waals surface area (Å²) in [6, 6.07) is -0.650. The van der Waals surface area contributed by atoms with E-state index in [0.29, 0.717) is 19.4 Å². The van der Waals surface area contributed by atoms with Crippen LogP contribution in [0.25, 0.3) is 0 Å². The van der Waals surface area contributed by atoms with E-state index in [2.05, 4.69) is 5.32 Å². The molecule has 0 spiro atoms. The number of carbonyl (C=O) groups excluding carboxylic acids is 3. The fraction of sp³-hybridized carbons (Fsp3) is 0.786. The van der Waals surface area contributed by atoms with Crippen molar-refractivity contribution in [3.05, 3.63) is 0 Å². The second kappa shape index (κ2) is 7.28. The van der Waals surface area contributed by atoms with E-state index in [-0.39, 0.29) is 19.1 Å². The number of nitrogens with zero attached hydrogens (tertiary/aromatic N) is 1. The zero-order valence-corrected chi connectivity index (χ0v) is 13.1. The summed E-state index contributed by atoms with van der Waals surface area (Å²) in [6.45, 7) is 7.65. The van der Waals surface area contributed by atoms with Crippen LogP contribution >= 0.6 is 0 Å². The van der Waals surface area contributed by atoms with Gasteiger partial charge in [-0.2, -0.15) is 0 Å². The molecule has 0 unspecified atom stereocenters. The lowest BCUT2D eigenvalue weighted by molar-refractivity contribution is -0.150. The monoisotopic (exact) mass is 300 g/mol. The molecule has 1 rings (SSSR count). The highest BCUT2D eigenvalue weighted by molar-refractivity contribution is 5.89. The minimum Gasteiger partial charge on any atom is -0.465 e. The first-order valence-electron chi connectivity index (χ1n) is 7.17. The fourth-order valence-corrected chi connectivity index (χ4v) is 2.04. The van der Waals surface area contributed by atoms with Crippen molar-refractivity contribution in [3.8, 4) is 0 Å². The van der Waals surface area contributed by atoms with Gasteiger partial charge < -0.3 is 19.7 Å². The maximum atomic E-state index is 12.2. The molecule has 1 atom stereocenters. The smallest absolute Gasteiger partial charge is 0.408 e. The van der Waals surface area contributed by atoms with E-state index >= 15 is 0 Å². The van der Waals surface area contributed by atoms with E-state index in [9.17, 15) is 14.4 Å². The van der Waals surface area contributed by atoms with Crippen molar-refractivity contribution in [3.63, 3.8) is 0 Å². The van der Waals surface area contributed by atoms with Crippen molar-refractivity contribution in [2.45, 2.75) is 52.2 Å². The minimum atomic E-state index is -0.650. The third kappa shape index (κ3) is 6.01. The normalized spacial score (nSPS) is 19.1. The highest BCUT2D eigenvalue weighted by atomic mass is 16.6. The molecule has 0 aliphatic carbocycles. The molecule has 0 radical (unpaired) electrons. The summed E-state index contributed by atoms with van der Waals surface area (Å²) < 4.78 is 9.96. The Morgan fingerprint density at radius 1 is 1.38 bits per heavy atom. The Bertz CT molecular complexity index is 403. The highest BCUT2D eigenvalue weighted by Gasteiger charge is 2.32. The molecule has 0 aromatic rings. The minimum absolute atomic E-state index is 0.0842. The molecule has 0 bridgehead atoms. The number of hydrogen-bond donors (Lipinski definition) is 1. The number of piperidine rings is 1. The average molecular weight is 300 g/mol. The van der Waals surface area contributed by atoms with E-state index < -0.39 is 23.7 Å². The summed E-state index contributed by atoms with van der Waals surface area (Å²) in [6.07, 6.45) is 0.627. The van der Waals surface area contributed by atoms with Crippen LogP contribution < -0.4 is 5.32 Å². The number of ether oxygens (including phenoxy) is 2. The number of carbonyl (C=O) groups is 3. The summed E-state index contributed by atoms with van der Waals surface area (Å²) in [7, 11) is 0. The zero-order chi connectivity index (χ0) is 16.0. The largest absolute Gasteiger partial charge is 0.465 e. The molecule has 1 heterocycles. The van der Waals surface area contributed by atoms with Gasteiger partial charge in [0, 0.05) is 6.54 Å². The number of hydrogen-bond acceptors (Lipinski definition) is 5. The van der Waals surface area contributed by atoms with Crippen LogP contribution in [0.3, 0.4) is 0 Å². The van der Waals surface area contributed by atoms with Crippen LogP contribution in [0.2, 0.25) is 0 Å². The molecule has 0 aromatic heterocycles. The van der Waals surface area contributed by atoms with Crippen molar-refractivity contribution in [1.29, 1.82) is 0 Å². The number of amides is 2. The predicted molar refractivity (Wildman–Crippen MR) is 75.6 cm³/mol. The van der Waals surface area contributed by atoms with Gasteiger partial charge in [0.15, 0.2) is 0 Å². The maximum absolute atomic E-state index is 12.2. The molecule has 21 heavy (non-hydrogen) atoms. The molecular weight excluding hydrogens is 276 g/mol. The van der Waals surface area contributed by atoms with E-state index in [1.165, 1.54) is 4.90 Å². The van der Waals surface area contributed by atoms with Gasteiger partial charge in [-0.05, 0) is 40.5 Å². The lowest BCUT2D eigenvalue weighted by Crippen LogP contribution is -2.54. The van der Waals surface area contributed by atoms with E-state index in [1.807, 2.05) is 0 Å². The van der Waals surface area contributed by atoms with Gasteiger partial charge in [0.25, 0.3) is 0 Å². The molecule has 1 aliphatic heterocycles. The molecular formula is C14H24N2O5. The van der Waals surface area contributed by atoms with Gasteiger partial charge in [0.1, 0.15) is 18.2 Å². The predicted octanol–water partition coefficient (Wildman–Crippen LogP) is 1.07. The van der Waals surface area contributed by atoms with Crippen molar-refractivity contribution in [2.75, 3.05) is 19.7 Å². The molecule has 2 amide bonds. The first-order valence-corrected chi connectivity index (χ1v) is 7.17. The SMILES string of the molecule is CCOC(=O)CN1CCC[C@H](NC(=O)OC(C)(C)C)C1=O. The average Bonchev–Trinajstić information content (AvgIpc) is 2.32. The molecule has 1 saturated heterocycles. The molecule has 1 N–H and O–H groups in total. The number of esters is 1. The standard InChI is InChI=1S/C14H24N2O5/c1-5-20-11(17)9-16-8-6-7-10(12(16)18)15-13(19)21-14(2,3)4/h10H,5-9H2,1-4H3,(H,15,19)/t10-/m0/s1. The lowest BCUT2D eigenvalue weighted by atomic mass is 10.1. The van der Waals surface area contributed by atoms with E-state index in [0.717, 1.165) is 0 Å². The van der Waals surface area contributed by atoms with Gasteiger partial charge in [-0.15, -0.1) is 0 Å². The van der Waals surface area contributed by atoms with Crippen LogP contribution in [0.1, 0.15) is 40.5 Å². The second-order valence-electron chi connectivity index (χ2n) is 5.91. The fourth-order valence-electron chi connectivity index (χ4n) is 2.04. The number of nitrogens with one attached hydrogen (secondary N) is 1. The molecule has 0 aromatic carbocycles. The van der Waals surface area contributed by atoms with E-state index in [1.54, 1.807) is 27.7 Å². The van der Waals surface area contributed by atoms with Gasteiger partial charge >= 0.3 is 12.1 Å². The van der Waals surface area contributed by atoms with E-state index in [4.69, 9.17) is 9.47 Å². The summed E-state index contributed by atoms with van der Waals surface area (Å²) >= 11 is 0. The third-order valence-electron chi connectivity index (χ3n) is 2.85. The second-order valence-corrected chi connectivity index (χ2v) is 5.91. The molecule has 120 valence electrons. The summed E-state index contributed by atoms with van der Waals surface area (Å²) in [4.78, 5) is 36.8. The Hall–Kier alpha value is -1.79. The van der Waals surface area contributed by atoms with Crippen LogP contribution in [0.5, 0.6) is 0 Å².